The number of hydrogen-bond donors (Lipinski definition) is 1. The number of amides is 1. The van der Waals surface area contributed by atoms with Gasteiger partial charge in [0.05, 0.1) is 22.9 Å². The number of rotatable bonds is 6. The first-order chi connectivity index (χ1) is 13.7. The molecule has 0 aliphatic carbocycles. The van der Waals surface area contributed by atoms with Crippen LogP contribution in [-0.4, -0.2) is 20.4 Å². The van der Waals surface area contributed by atoms with Crippen molar-refractivity contribution in [3.8, 4) is 11.3 Å². The van der Waals surface area contributed by atoms with E-state index in [-0.39, 0.29) is 17.9 Å². The normalized spacial score (nSPS) is 10.9. The van der Waals surface area contributed by atoms with Crippen LogP contribution in [-0.2, 0) is 17.9 Å². The number of aryl methyl sites for hydroxylation is 1. The lowest BCUT2D eigenvalue weighted by atomic mass is 10.1. The van der Waals surface area contributed by atoms with Crippen LogP contribution in [0.4, 0.5) is 0 Å². The van der Waals surface area contributed by atoms with E-state index in [9.17, 15) is 9.59 Å². The molecule has 3 heterocycles. The number of thiophene rings is 1. The highest BCUT2D eigenvalue weighted by atomic mass is 32.1. The average molecular weight is 390 g/mol. The second-order valence-corrected chi connectivity index (χ2v) is 7.13. The zero-order valence-electron chi connectivity index (χ0n) is 15.0. The van der Waals surface area contributed by atoms with Gasteiger partial charge in [-0.05, 0) is 41.3 Å². The summed E-state index contributed by atoms with van der Waals surface area (Å²) in [4.78, 5) is 33.3. The number of nitrogens with one attached hydrogen (secondary N) is 1. The fraction of sp³-hybridized carbons (Fsp3) is 0.143. The molecule has 0 fully saturated rings. The molecule has 0 atom stereocenters. The Kier molecular flexibility index (Phi) is 5.25. The molecule has 1 N–H and O–H groups in total. The minimum absolute atomic E-state index is 0.117. The zero-order chi connectivity index (χ0) is 19.3. The Bertz CT molecular complexity index is 1170. The molecule has 0 unspecified atom stereocenters. The number of hydrogen-bond acceptors (Lipinski definition) is 5. The average Bonchev–Trinajstić information content (AvgIpc) is 3.27. The second kappa shape index (κ2) is 8.14. The van der Waals surface area contributed by atoms with E-state index >= 15 is 0 Å². The van der Waals surface area contributed by atoms with E-state index < -0.39 is 0 Å². The summed E-state index contributed by atoms with van der Waals surface area (Å²) < 4.78 is 1.48. The number of nitrogens with zero attached hydrogens (tertiary/aromatic N) is 3. The minimum Gasteiger partial charge on any atom is -0.352 e. The van der Waals surface area contributed by atoms with Crippen LogP contribution < -0.4 is 10.9 Å². The van der Waals surface area contributed by atoms with Gasteiger partial charge in [-0.3, -0.25) is 19.1 Å². The van der Waals surface area contributed by atoms with E-state index in [2.05, 4.69) is 15.3 Å². The van der Waals surface area contributed by atoms with Crippen LogP contribution >= 0.6 is 11.3 Å². The SMILES string of the molecule is O=C(CCn1cnc2ccccc2c1=O)NCc1ccnc(-c2ccsc2)c1. The molecule has 7 heteroatoms. The van der Waals surface area contributed by atoms with Gasteiger partial charge in [-0.1, -0.05) is 12.1 Å². The molecule has 1 aromatic carbocycles. The fourth-order valence-electron chi connectivity index (χ4n) is 2.93. The number of para-hydroxylation sites is 1. The number of aromatic nitrogens is 3. The zero-order valence-corrected chi connectivity index (χ0v) is 15.9. The summed E-state index contributed by atoms with van der Waals surface area (Å²) in [6, 6.07) is 13.1. The van der Waals surface area contributed by atoms with Gasteiger partial charge < -0.3 is 5.32 Å². The molecule has 0 saturated carbocycles. The smallest absolute Gasteiger partial charge is 0.261 e. The molecule has 4 aromatic rings. The highest BCUT2D eigenvalue weighted by molar-refractivity contribution is 7.08. The quantitative estimate of drug-likeness (QED) is 0.548. The number of fused-ring (bicyclic) bond motifs is 1. The van der Waals surface area contributed by atoms with Gasteiger partial charge >= 0.3 is 0 Å². The number of benzene rings is 1. The van der Waals surface area contributed by atoms with Gasteiger partial charge in [0.2, 0.25) is 5.91 Å². The fourth-order valence-corrected chi connectivity index (χ4v) is 3.58. The van der Waals surface area contributed by atoms with E-state index in [1.54, 1.807) is 29.7 Å². The molecule has 0 radical (unpaired) electrons. The molecule has 0 saturated heterocycles. The van der Waals surface area contributed by atoms with E-state index in [0.29, 0.717) is 24.0 Å². The summed E-state index contributed by atoms with van der Waals surface area (Å²) in [5, 5.41) is 7.51. The van der Waals surface area contributed by atoms with E-state index in [4.69, 9.17) is 0 Å². The maximum atomic E-state index is 12.5. The molecule has 0 aliphatic rings. The van der Waals surface area contributed by atoms with Crippen LogP contribution in [0.3, 0.4) is 0 Å². The predicted octanol–water partition coefficient (Wildman–Crippen LogP) is 3.23. The molecule has 28 heavy (non-hydrogen) atoms. The van der Waals surface area contributed by atoms with E-state index in [1.807, 2.05) is 41.1 Å². The summed E-state index contributed by atoms with van der Waals surface area (Å²) >= 11 is 1.62. The summed E-state index contributed by atoms with van der Waals surface area (Å²) in [5.41, 5.74) is 3.47. The van der Waals surface area contributed by atoms with Crippen molar-refractivity contribution in [2.24, 2.45) is 0 Å². The van der Waals surface area contributed by atoms with Gasteiger partial charge in [-0.2, -0.15) is 11.3 Å². The minimum atomic E-state index is -0.132. The van der Waals surface area contributed by atoms with Gasteiger partial charge in [0.1, 0.15) is 0 Å². The molecule has 1 amide bonds. The standard InChI is InChI=1S/C21H18N4O2S/c26-20(6-9-25-14-24-18-4-2-1-3-17(18)21(25)27)23-12-15-5-8-22-19(11-15)16-7-10-28-13-16/h1-5,7-8,10-11,13-14H,6,9,12H2,(H,23,26). The Labute approximate surface area is 165 Å². The van der Waals surface area contributed by atoms with Crippen molar-refractivity contribution < 1.29 is 4.79 Å². The van der Waals surface area contributed by atoms with Crippen molar-refractivity contribution in [2.75, 3.05) is 0 Å². The van der Waals surface area contributed by atoms with Crippen LogP contribution in [0.5, 0.6) is 0 Å². The van der Waals surface area contributed by atoms with Gasteiger partial charge in [0.15, 0.2) is 0 Å². The lowest BCUT2D eigenvalue weighted by Gasteiger charge is -2.08. The second-order valence-electron chi connectivity index (χ2n) is 6.35. The van der Waals surface area contributed by atoms with Crippen LogP contribution in [0, 0.1) is 0 Å². The molecule has 140 valence electrons. The lowest BCUT2D eigenvalue weighted by Crippen LogP contribution is -2.27. The van der Waals surface area contributed by atoms with Gasteiger partial charge in [-0.15, -0.1) is 0 Å². The third kappa shape index (κ3) is 3.99. The summed E-state index contributed by atoms with van der Waals surface area (Å²) in [5.74, 6) is -0.117. The first-order valence-corrected chi connectivity index (χ1v) is 9.83. The number of pyridine rings is 1. The van der Waals surface area contributed by atoms with Crippen LogP contribution in [0.2, 0.25) is 0 Å². The third-order valence-electron chi connectivity index (χ3n) is 4.44. The predicted molar refractivity (Wildman–Crippen MR) is 110 cm³/mol. The number of carbonyl (C=O) groups is 1. The number of carbonyl (C=O) groups excluding carboxylic acids is 1. The van der Waals surface area contributed by atoms with Gasteiger partial charge in [0, 0.05) is 36.7 Å². The van der Waals surface area contributed by atoms with Gasteiger partial charge in [-0.25, -0.2) is 4.98 Å². The summed E-state index contributed by atoms with van der Waals surface area (Å²) in [7, 11) is 0. The molecule has 6 nitrogen and oxygen atoms in total. The summed E-state index contributed by atoms with van der Waals surface area (Å²) in [6.45, 7) is 0.711. The molecule has 0 bridgehead atoms. The van der Waals surface area contributed by atoms with Crippen LogP contribution in [0.15, 0.2) is 70.5 Å². The molecular weight excluding hydrogens is 372 g/mol. The Balaban J connectivity index is 1.36. The largest absolute Gasteiger partial charge is 0.352 e. The van der Waals surface area contributed by atoms with E-state index in [1.165, 1.54) is 10.9 Å². The first kappa shape index (κ1) is 18.1. The van der Waals surface area contributed by atoms with Gasteiger partial charge in [0.25, 0.3) is 5.56 Å². The van der Waals surface area contributed by atoms with Crippen molar-refractivity contribution in [3.05, 3.63) is 81.7 Å². The van der Waals surface area contributed by atoms with Crippen molar-refractivity contribution in [1.82, 2.24) is 19.9 Å². The lowest BCUT2D eigenvalue weighted by molar-refractivity contribution is -0.121. The van der Waals surface area contributed by atoms with Crippen molar-refractivity contribution >= 4 is 28.1 Å². The Morgan fingerprint density at radius 2 is 2.04 bits per heavy atom. The van der Waals surface area contributed by atoms with Crippen LogP contribution in [0.25, 0.3) is 22.2 Å². The Hall–Kier alpha value is -3.32. The Morgan fingerprint density at radius 1 is 1.14 bits per heavy atom. The Morgan fingerprint density at radius 3 is 2.89 bits per heavy atom. The molecular formula is C21H18N4O2S. The first-order valence-electron chi connectivity index (χ1n) is 8.89. The summed E-state index contributed by atoms with van der Waals surface area (Å²) in [6.07, 6.45) is 3.45. The monoisotopic (exact) mass is 390 g/mol. The maximum absolute atomic E-state index is 12.5. The van der Waals surface area contributed by atoms with E-state index in [0.717, 1.165) is 16.8 Å². The van der Waals surface area contributed by atoms with Crippen molar-refractivity contribution in [3.63, 3.8) is 0 Å². The topological polar surface area (TPSA) is 76.9 Å². The molecule has 0 aliphatic heterocycles. The molecule has 4 rings (SSSR count). The maximum Gasteiger partial charge on any atom is 0.261 e. The molecule has 0 spiro atoms. The van der Waals surface area contributed by atoms with Crippen LogP contribution in [0.1, 0.15) is 12.0 Å². The third-order valence-corrected chi connectivity index (χ3v) is 5.13. The molecule has 3 aromatic heterocycles. The van der Waals surface area contributed by atoms with Crippen molar-refractivity contribution in [2.45, 2.75) is 19.5 Å². The highest BCUT2D eigenvalue weighted by Crippen LogP contribution is 2.20. The highest BCUT2D eigenvalue weighted by Gasteiger charge is 2.07. The van der Waals surface area contributed by atoms with Crippen molar-refractivity contribution in [1.29, 1.82) is 0 Å².